The van der Waals surface area contributed by atoms with Crippen molar-refractivity contribution >= 4 is 11.3 Å². The minimum absolute atomic E-state index is 0.101. The topological polar surface area (TPSA) is 20.2 Å². The molecule has 0 aromatic carbocycles. The summed E-state index contributed by atoms with van der Waals surface area (Å²) in [5, 5.41) is 10.0. The molecule has 14 heavy (non-hydrogen) atoms. The van der Waals surface area contributed by atoms with Gasteiger partial charge in [0.15, 0.2) is 0 Å². The summed E-state index contributed by atoms with van der Waals surface area (Å²) in [6.07, 6.45) is 5.82. The average Bonchev–Trinajstić information content (AvgIpc) is 2.46. The van der Waals surface area contributed by atoms with Gasteiger partial charge in [-0.3, -0.25) is 0 Å². The van der Waals surface area contributed by atoms with Gasteiger partial charge in [-0.1, -0.05) is 19.3 Å². The first-order valence-corrected chi connectivity index (χ1v) is 6.33. The van der Waals surface area contributed by atoms with Crippen molar-refractivity contribution in [3.8, 4) is 0 Å². The normalized spacial score (nSPS) is 28.7. The minimum Gasteiger partial charge on any atom is -0.392 e. The van der Waals surface area contributed by atoms with Crippen molar-refractivity contribution in [1.82, 2.24) is 0 Å². The highest BCUT2D eigenvalue weighted by Crippen LogP contribution is 2.35. The van der Waals surface area contributed by atoms with Crippen molar-refractivity contribution < 1.29 is 5.11 Å². The van der Waals surface area contributed by atoms with E-state index >= 15 is 0 Å². The molecule has 1 aromatic rings. The van der Waals surface area contributed by atoms with Crippen molar-refractivity contribution in [3.63, 3.8) is 0 Å². The van der Waals surface area contributed by atoms with Crippen LogP contribution in [-0.4, -0.2) is 11.2 Å². The summed E-state index contributed by atoms with van der Waals surface area (Å²) in [5.41, 5.74) is 0. The van der Waals surface area contributed by atoms with Crippen LogP contribution >= 0.6 is 11.3 Å². The number of thiophene rings is 1. The van der Waals surface area contributed by atoms with E-state index in [1.54, 1.807) is 0 Å². The predicted molar refractivity (Wildman–Crippen MR) is 60.9 cm³/mol. The van der Waals surface area contributed by atoms with Crippen molar-refractivity contribution in [1.29, 1.82) is 0 Å². The molecule has 78 valence electrons. The SMILES string of the molecule is Cc1ccc(C2CCCCCC2O)s1. The Balaban J connectivity index is 2.14. The quantitative estimate of drug-likeness (QED) is 0.704. The minimum atomic E-state index is -0.101. The first-order valence-electron chi connectivity index (χ1n) is 5.52. The number of rotatable bonds is 1. The highest BCUT2D eigenvalue weighted by molar-refractivity contribution is 7.12. The lowest BCUT2D eigenvalue weighted by Gasteiger charge is -2.18. The number of aliphatic hydroxyl groups excluding tert-OH is 1. The van der Waals surface area contributed by atoms with E-state index < -0.39 is 0 Å². The molecule has 1 nitrogen and oxygen atoms in total. The molecule has 1 aliphatic rings. The maximum absolute atomic E-state index is 10.0. The molecule has 1 aliphatic carbocycles. The van der Waals surface area contributed by atoms with E-state index in [0.29, 0.717) is 5.92 Å². The molecule has 1 N–H and O–H groups in total. The highest BCUT2D eigenvalue weighted by Gasteiger charge is 2.23. The summed E-state index contributed by atoms with van der Waals surface area (Å²) in [7, 11) is 0. The maximum Gasteiger partial charge on any atom is 0.0616 e. The predicted octanol–water partition coefficient (Wildman–Crippen LogP) is 3.47. The third-order valence-electron chi connectivity index (χ3n) is 3.11. The second-order valence-electron chi connectivity index (χ2n) is 4.26. The number of hydrogen-bond acceptors (Lipinski definition) is 2. The van der Waals surface area contributed by atoms with Gasteiger partial charge in [-0.05, 0) is 31.9 Å². The molecule has 0 saturated heterocycles. The molecule has 2 unspecified atom stereocenters. The smallest absolute Gasteiger partial charge is 0.0616 e. The van der Waals surface area contributed by atoms with Crippen LogP contribution in [0.5, 0.6) is 0 Å². The zero-order valence-electron chi connectivity index (χ0n) is 8.70. The van der Waals surface area contributed by atoms with Gasteiger partial charge in [0, 0.05) is 15.7 Å². The van der Waals surface area contributed by atoms with Gasteiger partial charge in [0.25, 0.3) is 0 Å². The molecule has 0 aliphatic heterocycles. The summed E-state index contributed by atoms with van der Waals surface area (Å²) in [6, 6.07) is 4.36. The van der Waals surface area contributed by atoms with Crippen LogP contribution in [0, 0.1) is 6.92 Å². The second kappa shape index (κ2) is 4.45. The lowest BCUT2D eigenvalue weighted by atomic mass is 9.96. The van der Waals surface area contributed by atoms with Crippen LogP contribution in [0.2, 0.25) is 0 Å². The molecule has 0 spiro atoms. The average molecular weight is 210 g/mol. The van der Waals surface area contributed by atoms with Crippen molar-refractivity contribution in [3.05, 3.63) is 21.9 Å². The zero-order valence-corrected chi connectivity index (χ0v) is 9.52. The van der Waals surface area contributed by atoms with Crippen LogP contribution in [-0.2, 0) is 0 Å². The molecule has 0 bridgehead atoms. The monoisotopic (exact) mass is 210 g/mol. The van der Waals surface area contributed by atoms with Crippen LogP contribution in [0.15, 0.2) is 12.1 Å². The highest BCUT2D eigenvalue weighted by atomic mass is 32.1. The van der Waals surface area contributed by atoms with Crippen LogP contribution in [0.1, 0.15) is 47.8 Å². The Bertz CT molecular complexity index is 292. The van der Waals surface area contributed by atoms with Gasteiger partial charge in [-0.15, -0.1) is 11.3 Å². The fourth-order valence-electron chi connectivity index (χ4n) is 2.27. The van der Waals surface area contributed by atoms with Crippen LogP contribution in [0.25, 0.3) is 0 Å². The van der Waals surface area contributed by atoms with E-state index in [1.807, 2.05) is 11.3 Å². The molecule has 0 amide bonds. The zero-order chi connectivity index (χ0) is 9.97. The van der Waals surface area contributed by atoms with E-state index in [2.05, 4.69) is 19.1 Å². The first-order chi connectivity index (χ1) is 6.77. The summed E-state index contributed by atoms with van der Waals surface area (Å²) in [5.74, 6) is 0.413. The first kappa shape index (κ1) is 10.2. The van der Waals surface area contributed by atoms with E-state index in [0.717, 1.165) is 6.42 Å². The summed E-state index contributed by atoms with van der Waals surface area (Å²) >= 11 is 1.85. The van der Waals surface area contributed by atoms with Crippen LogP contribution in [0.3, 0.4) is 0 Å². The molecular weight excluding hydrogens is 192 g/mol. The number of hydrogen-bond donors (Lipinski definition) is 1. The van der Waals surface area contributed by atoms with Gasteiger partial charge in [0.05, 0.1) is 6.10 Å². The van der Waals surface area contributed by atoms with Crippen molar-refractivity contribution in [2.24, 2.45) is 0 Å². The lowest BCUT2D eigenvalue weighted by Crippen LogP contribution is -2.15. The third kappa shape index (κ3) is 2.18. The van der Waals surface area contributed by atoms with Gasteiger partial charge < -0.3 is 5.11 Å². The molecule has 1 fully saturated rings. The van der Waals surface area contributed by atoms with Gasteiger partial charge >= 0.3 is 0 Å². The lowest BCUT2D eigenvalue weighted by molar-refractivity contribution is 0.136. The molecule has 1 saturated carbocycles. The van der Waals surface area contributed by atoms with Crippen LogP contribution in [0.4, 0.5) is 0 Å². The Morgan fingerprint density at radius 3 is 2.71 bits per heavy atom. The van der Waals surface area contributed by atoms with Gasteiger partial charge in [0.2, 0.25) is 0 Å². The molecule has 2 rings (SSSR count). The summed E-state index contributed by atoms with van der Waals surface area (Å²) in [4.78, 5) is 2.74. The molecule has 2 heteroatoms. The Kier molecular flexibility index (Phi) is 3.24. The van der Waals surface area contributed by atoms with E-state index in [4.69, 9.17) is 0 Å². The molecule has 1 heterocycles. The number of aryl methyl sites for hydroxylation is 1. The summed E-state index contributed by atoms with van der Waals surface area (Å²) < 4.78 is 0. The fourth-order valence-corrected chi connectivity index (χ4v) is 3.34. The number of aliphatic hydroxyl groups is 1. The molecule has 1 aromatic heterocycles. The third-order valence-corrected chi connectivity index (χ3v) is 4.24. The fraction of sp³-hybridized carbons (Fsp3) is 0.667. The van der Waals surface area contributed by atoms with Gasteiger partial charge in [0.1, 0.15) is 0 Å². The molecular formula is C12H18OS. The largest absolute Gasteiger partial charge is 0.392 e. The molecule has 0 radical (unpaired) electrons. The Morgan fingerprint density at radius 1 is 1.21 bits per heavy atom. The van der Waals surface area contributed by atoms with E-state index in [9.17, 15) is 5.11 Å². The molecule has 2 atom stereocenters. The standard InChI is InChI=1S/C12H18OS/c1-9-7-8-12(14-9)10-5-3-2-4-6-11(10)13/h7-8,10-11,13H,2-6H2,1H3. The Hall–Kier alpha value is -0.340. The maximum atomic E-state index is 10.0. The van der Waals surface area contributed by atoms with E-state index in [1.165, 1.54) is 35.4 Å². The van der Waals surface area contributed by atoms with Crippen molar-refractivity contribution in [2.75, 3.05) is 0 Å². The summed E-state index contributed by atoms with van der Waals surface area (Å²) in [6.45, 7) is 2.14. The van der Waals surface area contributed by atoms with Crippen molar-refractivity contribution in [2.45, 2.75) is 51.0 Å². The van der Waals surface area contributed by atoms with E-state index in [-0.39, 0.29) is 6.10 Å². The van der Waals surface area contributed by atoms with Gasteiger partial charge in [-0.2, -0.15) is 0 Å². The Labute approximate surface area is 89.8 Å². The van der Waals surface area contributed by atoms with Crippen LogP contribution < -0.4 is 0 Å². The van der Waals surface area contributed by atoms with Gasteiger partial charge in [-0.25, -0.2) is 0 Å². The second-order valence-corrected chi connectivity index (χ2v) is 5.58. The Morgan fingerprint density at radius 2 is 2.00 bits per heavy atom.